The number of hydrogen-bond acceptors (Lipinski definition) is 3. The summed E-state index contributed by atoms with van der Waals surface area (Å²) in [5, 5.41) is 4.42. The van der Waals surface area contributed by atoms with Gasteiger partial charge in [0.1, 0.15) is 0 Å². The number of aryl methyl sites for hydroxylation is 1. The summed E-state index contributed by atoms with van der Waals surface area (Å²) >= 11 is 0. The summed E-state index contributed by atoms with van der Waals surface area (Å²) in [5.74, 6) is 0. The van der Waals surface area contributed by atoms with Crippen molar-refractivity contribution in [2.75, 3.05) is 25.4 Å². The molecule has 0 amide bonds. The van der Waals surface area contributed by atoms with Gasteiger partial charge in [0.2, 0.25) is 0 Å². The van der Waals surface area contributed by atoms with Crippen LogP contribution in [0.3, 0.4) is 0 Å². The van der Waals surface area contributed by atoms with Crippen LogP contribution in [-0.4, -0.2) is 34.3 Å². The Morgan fingerprint density at radius 1 is 1.27 bits per heavy atom. The Morgan fingerprint density at radius 2 is 1.87 bits per heavy atom. The second-order valence-corrected chi connectivity index (χ2v) is 3.83. The molecule has 0 saturated carbocycles. The Hall–Kier alpha value is -1.03. The molecule has 2 N–H and O–H groups in total. The highest BCUT2D eigenvalue weighted by Gasteiger charge is 2.08. The third-order valence-corrected chi connectivity index (χ3v) is 2.96. The van der Waals surface area contributed by atoms with Gasteiger partial charge in [0.15, 0.2) is 0 Å². The van der Waals surface area contributed by atoms with Crippen LogP contribution in [0.15, 0.2) is 0 Å². The minimum absolute atomic E-state index is 0.828. The monoisotopic (exact) mass is 210 g/mol. The molecule has 0 spiro atoms. The van der Waals surface area contributed by atoms with Crippen LogP contribution in [-0.2, 0) is 6.54 Å². The van der Waals surface area contributed by atoms with Gasteiger partial charge in [-0.15, -0.1) is 0 Å². The topological polar surface area (TPSA) is 47.1 Å². The Kier molecular flexibility index (Phi) is 4.15. The Labute approximate surface area is 92.1 Å². The van der Waals surface area contributed by atoms with Crippen molar-refractivity contribution in [2.45, 2.75) is 34.2 Å². The van der Waals surface area contributed by atoms with Gasteiger partial charge < -0.3 is 10.6 Å². The SMILES string of the molecule is CCN(CC)CCn1nc(C)c(N)c1C. The molecular formula is C11H22N4. The van der Waals surface area contributed by atoms with Gasteiger partial charge in [-0.05, 0) is 26.9 Å². The number of rotatable bonds is 5. The van der Waals surface area contributed by atoms with Crippen LogP contribution >= 0.6 is 0 Å². The van der Waals surface area contributed by atoms with Gasteiger partial charge in [0.25, 0.3) is 0 Å². The van der Waals surface area contributed by atoms with E-state index in [1.807, 2.05) is 18.5 Å². The van der Waals surface area contributed by atoms with Gasteiger partial charge in [-0.25, -0.2) is 0 Å². The standard InChI is InChI=1S/C11H22N4/c1-5-14(6-2)7-8-15-10(4)11(12)9(3)13-15/h5-8,12H2,1-4H3. The molecule has 1 heterocycles. The molecule has 0 radical (unpaired) electrons. The smallest absolute Gasteiger partial charge is 0.0825 e. The van der Waals surface area contributed by atoms with E-state index in [0.29, 0.717) is 0 Å². The van der Waals surface area contributed by atoms with Gasteiger partial charge in [0.05, 0.1) is 23.6 Å². The summed E-state index contributed by atoms with van der Waals surface area (Å²) < 4.78 is 2.00. The Bertz CT molecular complexity index is 313. The van der Waals surface area contributed by atoms with Crippen molar-refractivity contribution in [1.29, 1.82) is 0 Å². The highest BCUT2D eigenvalue weighted by Crippen LogP contribution is 2.14. The van der Waals surface area contributed by atoms with E-state index in [1.54, 1.807) is 0 Å². The van der Waals surface area contributed by atoms with E-state index < -0.39 is 0 Å². The predicted molar refractivity (Wildman–Crippen MR) is 63.9 cm³/mol. The number of anilines is 1. The van der Waals surface area contributed by atoms with E-state index in [-0.39, 0.29) is 0 Å². The number of nitrogen functional groups attached to an aromatic ring is 1. The molecule has 15 heavy (non-hydrogen) atoms. The molecule has 4 nitrogen and oxygen atoms in total. The Morgan fingerprint density at radius 3 is 2.27 bits per heavy atom. The van der Waals surface area contributed by atoms with Crippen molar-refractivity contribution < 1.29 is 0 Å². The molecule has 0 unspecified atom stereocenters. The molecule has 0 aliphatic heterocycles. The van der Waals surface area contributed by atoms with Crippen LogP contribution in [0, 0.1) is 13.8 Å². The predicted octanol–water partition coefficient (Wildman–Crippen LogP) is 1.42. The molecule has 0 aliphatic carbocycles. The average Bonchev–Trinajstić information content (AvgIpc) is 2.48. The lowest BCUT2D eigenvalue weighted by atomic mass is 10.3. The fraction of sp³-hybridized carbons (Fsp3) is 0.727. The van der Waals surface area contributed by atoms with Crippen molar-refractivity contribution in [3.05, 3.63) is 11.4 Å². The summed E-state index contributed by atoms with van der Waals surface area (Å²) in [6, 6.07) is 0. The van der Waals surface area contributed by atoms with E-state index in [0.717, 1.165) is 43.3 Å². The summed E-state index contributed by atoms with van der Waals surface area (Å²) in [7, 11) is 0. The molecule has 4 heteroatoms. The molecule has 86 valence electrons. The fourth-order valence-corrected chi connectivity index (χ4v) is 1.70. The van der Waals surface area contributed by atoms with E-state index in [1.165, 1.54) is 0 Å². The number of likely N-dealkylation sites (N-methyl/N-ethyl adjacent to an activating group) is 1. The minimum atomic E-state index is 0.828. The zero-order valence-electron chi connectivity index (χ0n) is 10.2. The highest BCUT2D eigenvalue weighted by molar-refractivity contribution is 5.46. The lowest BCUT2D eigenvalue weighted by molar-refractivity contribution is 0.284. The second kappa shape index (κ2) is 5.16. The molecule has 1 rings (SSSR count). The van der Waals surface area contributed by atoms with Crippen molar-refractivity contribution >= 4 is 5.69 Å². The van der Waals surface area contributed by atoms with Gasteiger partial charge >= 0.3 is 0 Å². The summed E-state index contributed by atoms with van der Waals surface area (Å²) in [6.07, 6.45) is 0. The summed E-state index contributed by atoms with van der Waals surface area (Å²) in [4.78, 5) is 2.38. The minimum Gasteiger partial charge on any atom is -0.396 e. The first-order valence-corrected chi connectivity index (χ1v) is 5.62. The zero-order chi connectivity index (χ0) is 11.4. The lowest BCUT2D eigenvalue weighted by Crippen LogP contribution is -2.27. The van der Waals surface area contributed by atoms with Crippen LogP contribution in [0.1, 0.15) is 25.2 Å². The molecule has 0 fully saturated rings. The van der Waals surface area contributed by atoms with Crippen LogP contribution < -0.4 is 5.73 Å². The van der Waals surface area contributed by atoms with E-state index in [9.17, 15) is 0 Å². The first-order chi connectivity index (χ1) is 7.10. The molecule has 0 saturated heterocycles. The normalized spacial score (nSPS) is 11.3. The fourth-order valence-electron chi connectivity index (χ4n) is 1.70. The molecule has 1 aromatic rings. The molecule has 0 bridgehead atoms. The first kappa shape index (κ1) is 12.0. The lowest BCUT2D eigenvalue weighted by Gasteiger charge is -2.18. The summed E-state index contributed by atoms with van der Waals surface area (Å²) in [6.45, 7) is 12.5. The van der Waals surface area contributed by atoms with Gasteiger partial charge in [-0.2, -0.15) is 5.10 Å². The van der Waals surface area contributed by atoms with Crippen molar-refractivity contribution in [2.24, 2.45) is 0 Å². The largest absolute Gasteiger partial charge is 0.396 e. The average molecular weight is 210 g/mol. The maximum atomic E-state index is 5.88. The van der Waals surface area contributed by atoms with Crippen molar-refractivity contribution in [3.8, 4) is 0 Å². The van der Waals surface area contributed by atoms with Gasteiger partial charge in [-0.1, -0.05) is 13.8 Å². The second-order valence-electron chi connectivity index (χ2n) is 3.83. The Balaban J connectivity index is 2.61. The maximum Gasteiger partial charge on any atom is 0.0825 e. The van der Waals surface area contributed by atoms with E-state index in [4.69, 9.17) is 5.73 Å². The van der Waals surface area contributed by atoms with Crippen LogP contribution in [0.25, 0.3) is 0 Å². The van der Waals surface area contributed by atoms with Crippen LogP contribution in [0.4, 0.5) is 5.69 Å². The summed E-state index contributed by atoms with van der Waals surface area (Å²) in [5.41, 5.74) is 8.73. The van der Waals surface area contributed by atoms with Crippen molar-refractivity contribution in [1.82, 2.24) is 14.7 Å². The molecule has 1 aromatic heterocycles. The highest BCUT2D eigenvalue weighted by atomic mass is 15.3. The third kappa shape index (κ3) is 2.72. The van der Waals surface area contributed by atoms with E-state index >= 15 is 0 Å². The number of hydrogen-bond donors (Lipinski definition) is 1. The van der Waals surface area contributed by atoms with Gasteiger partial charge in [0, 0.05) is 6.54 Å². The number of nitrogens with two attached hydrogens (primary N) is 1. The van der Waals surface area contributed by atoms with E-state index in [2.05, 4.69) is 23.8 Å². The first-order valence-electron chi connectivity index (χ1n) is 5.62. The molecular weight excluding hydrogens is 188 g/mol. The molecule has 0 aliphatic rings. The van der Waals surface area contributed by atoms with Crippen LogP contribution in [0.2, 0.25) is 0 Å². The van der Waals surface area contributed by atoms with Gasteiger partial charge in [-0.3, -0.25) is 4.68 Å². The van der Waals surface area contributed by atoms with Crippen LogP contribution in [0.5, 0.6) is 0 Å². The number of aromatic nitrogens is 2. The zero-order valence-corrected chi connectivity index (χ0v) is 10.2. The number of nitrogens with zero attached hydrogens (tertiary/aromatic N) is 3. The third-order valence-electron chi connectivity index (χ3n) is 2.96. The molecule has 0 aromatic carbocycles. The maximum absolute atomic E-state index is 5.88. The molecule has 0 atom stereocenters. The van der Waals surface area contributed by atoms with Crippen molar-refractivity contribution in [3.63, 3.8) is 0 Å². The quantitative estimate of drug-likeness (QED) is 0.799.